The number of benzene rings is 2. The van der Waals surface area contributed by atoms with Crippen LogP contribution in [-0.2, 0) is 0 Å². The predicted octanol–water partition coefficient (Wildman–Crippen LogP) is 4.73. The molecule has 0 saturated heterocycles. The first-order valence-electron chi connectivity index (χ1n) is 6.09. The first-order valence-corrected chi connectivity index (χ1v) is 7.26. The first-order chi connectivity index (χ1) is 10.6. The summed E-state index contributed by atoms with van der Waals surface area (Å²) >= 11 is 9.20. The van der Waals surface area contributed by atoms with E-state index in [2.05, 4.69) is 26.1 Å². The van der Waals surface area contributed by atoms with E-state index in [1.54, 1.807) is 6.07 Å². The number of nitrogens with zero attached hydrogens (tertiary/aromatic N) is 3. The van der Waals surface area contributed by atoms with E-state index in [-0.39, 0.29) is 16.6 Å². The Morgan fingerprint density at radius 2 is 2.00 bits per heavy atom. The summed E-state index contributed by atoms with van der Waals surface area (Å²) in [6.45, 7) is 0. The van der Waals surface area contributed by atoms with Gasteiger partial charge in [-0.15, -0.1) is 0 Å². The molecule has 0 aliphatic rings. The van der Waals surface area contributed by atoms with E-state index in [4.69, 9.17) is 16.1 Å². The van der Waals surface area contributed by atoms with E-state index < -0.39 is 4.92 Å². The average molecular weight is 381 g/mol. The zero-order chi connectivity index (χ0) is 15.7. The van der Waals surface area contributed by atoms with Gasteiger partial charge in [0.2, 0.25) is 5.82 Å². The Labute approximate surface area is 138 Å². The van der Waals surface area contributed by atoms with Crippen LogP contribution in [0.2, 0.25) is 5.02 Å². The highest BCUT2D eigenvalue weighted by atomic mass is 79.9. The molecule has 0 unspecified atom stereocenters. The Hall–Kier alpha value is -2.25. The van der Waals surface area contributed by atoms with Crippen LogP contribution in [0.3, 0.4) is 0 Å². The molecule has 0 saturated carbocycles. The van der Waals surface area contributed by atoms with E-state index in [1.807, 2.05) is 24.3 Å². The smallest absolute Gasteiger partial charge is 0.288 e. The Morgan fingerprint density at radius 3 is 2.73 bits per heavy atom. The summed E-state index contributed by atoms with van der Waals surface area (Å²) in [5, 5.41) is 14.9. The highest BCUT2D eigenvalue weighted by Gasteiger charge is 2.18. The summed E-state index contributed by atoms with van der Waals surface area (Å²) in [5.74, 6) is 0.575. The molecular formula is C14H7BrClN3O3. The standard InChI is InChI=1S/C14H7BrClN3O3/c15-10-4-2-1-3-9(10)13-17-14(22-18-13)8-5-6-11(16)12(7-8)19(20)21/h1-7H. The maximum absolute atomic E-state index is 10.9. The van der Waals surface area contributed by atoms with Crippen LogP contribution in [-0.4, -0.2) is 15.1 Å². The zero-order valence-electron chi connectivity index (χ0n) is 10.9. The molecule has 0 atom stereocenters. The van der Waals surface area contributed by atoms with E-state index in [9.17, 15) is 10.1 Å². The Bertz CT molecular complexity index is 866. The van der Waals surface area contributed by atoms with Crippen molar-refractivity contribution in [3.63, 3.8) is 0 Å². The summed E-state index contributed by atoms with van der Waals surface area (Å²) in [4.78, 5) is 14.6. The Kier molecular flexibility index (Phi) is 3.91. The van der Waals surface area contributed by atoms with E-state index >= 15 is 0 Å². The number of nitro groups is 1. The molecule has 0 amide bonds. The number of hydrogen-bond acceptors (Lipinski definition) is 5. The lowest BCUT2D eigenvalue weighted by molar-refractivity contribution is -0.384. The molecule has 1 heterocycles. The number of halogens is 2. The molecule has 0 bridgehead atoms. The molecule has 1 aromatic heterocycles. The number of hydrogen-bond donors (Lipinski definition) is 0. The van der Waals surface area contributed by atoms with Crippen LogP contribution in [0.5, 0.6) is 0 Å². The molecule has 0 fully saturated rings. The Balaban J connectivity index is 2.03. The predicted molar refractivity (Wildman–Crippen MR) is 84.5 cm³/mol. The third-order valence-electron chi connectivity index (χ3n) is 2.93. The van der Waals surface area contributed by atoms with Crippen LogP contribution in [0.25, 0.3) is 22.8 Å². The summed E-state index contributed by atoms with van der Waals surface area (Å²) < 4.78 is 6.01. The molecule has 3 rings (SSSR count). The molecular weight excluding hydrogens is 374 g/mol. The largest absolute Gasteiger partial charge is 0.334 e. The summed E-state index contributed by atoms with van der Waals surface area (Å²) in [5.41, 5.74) is 0.989. The van der Waals surface area contributed by atoms with E-state index in [0.717, 1.165) is 10.0 Å². The first kappa shape index (κ1) is 14.7. The molecule has 110 valence electrons. The second-order valence-electron chi connectivity index (χ2n) is 4.33. The second kappa shape index (κ2) is 5.86. The van der Waals surface area contributed by atoms with Crippen LogP contribution < -0.4 is 0 Å². The lowest BCUT2D eigenvalue weighted by Gasteiger charge is -1.98. The second-order valence-corrected chi connectivity index (χ2v) is 5.59. The number of rotatable bonds is 3. The van der Waals surface area contributed by atoms with Gasteiger partial charge < -0.3 is 4.52 Å². The molecule has 0 aliphatic carbocycles. The third-order valence-corrected chi connectivity index (χ3v) is 3.94. The van der Waals surface area contributed by atoms with Gasteiger partial charge in [0.05, 0.1) is 4.92 Å². The van der Waals surface area contributed by atoms with Crippen molar-refractivity contribution in [1.29, 1.82) is 0 Å². The highest BCUT2D eigenvalue weighted by molar-refractivity contribution is 9.10. The van der Waals surface area contributed by atoms with Gasteiger partial charge in [0.15, 0.2) is 0 Å². The van der Waals surface area contributed by atoms with Crippen molar-refractivity contribution in [3.05, 3.63) is 62.1 Å². The number of aromatic nitrogens is 2. The van der Waals surface area contributed by atoms with Crippen molar-refractivity contribution >= 4 is 33.2 Å². The minimum atomic E-state index is -0.559. The lowest BCUT2D eigenvalue weighted by atomic mass is 10.2. The van der Waals surface area contributed by atoms with Crippen LogP contribution in [0.15, 0.2) is 51.5 Å². The minimum absolute atomic E-state index is 0.0549. The van der Waals surface area contributed by atoms with Gasteiger partial charge in [-0.05, 0) is 24.3 Å². The summed E-state index contributed by atoms with van der Waals surface area (Å²) in [7, 11) is 0. The van der Waals surface area contributed by atoms with Crippen molar-refractivity contribution < 1.29 is 9.45 Å². The average Bonchev–Trinajstić information content (AvgIpc) is 2.97. The maximum atomic E-state index is 10.9. The fraction of sp³-hybridized carbons (Fsp3) is 0. The fourth-order valence-corrected chi connectivity index (χ4v) is 2.53. The molecule has 6 nitrogen and oxygen atoms in total. The normalized spacial score (nSPS) is 10.6. The van der Waals surface area contributed by atoms with E-state index in [1.165, 1.54) is 12.1 Å². The summed E-state index contributed by atoms with van der Waals surface area (Å²) in [6, 6.07) is 11.7. The molecule has 0 aliphatic heterocycles. The van der Waals surface area contributed by atoms with Crippen LogP contribution >= 0.6 is 27.5 Å². The minimum Gasteiger partial charge on any atom is -0.334 e. The molecule has 22 heavy (non-hydrogen) atoms. The lowest BCUT2D eigenvalue weighted by Crippen LogP contribution is -1.90. The maximum Gasteiger partial charge on any atom is 0.288 e. The topological polar surface area (TPSA) is 82.1 Å². The van der Waals surface area contributed by atoms with Crippen molar-refractivity contribution in [2.45, 2.75) is 0 Å². The highest BCUT2D eigenvalue weighted by Crippen LogP contribution is 2.31. The van der Waals surface area contributed by atoms with Gasteiger partial charge in [-0.2, -0.15) is 4.98 Å². The molecule has 2 aromatic carbocycles. The monoisotopic (exact) mass is 379 g/mol. The third kappa shape index (κ3) is 2.72. The quantitative estimate of drug-likeness (QED) is 0.484. The zero-order valence-corrected chi connectivity index (χ0v) is 13.2. The van der Waals surface area contributed by atoms with Crippen LogP contribution in [0, 0.1) is 10.1 Å². The van der Waals surface area contributed by atoms with Gasteiger partial charge in [0, 0.05) is 21.7 Å². The molecule has 0 N–H and O–H groups in total. The van der Waals surface area contributed by atoms with Crippen molar-refractivity contribution in [2.24, 2.45) is 0 Å². The van der Waals surface area contributed by atoms with Crippen LogP contribution in [0.1, 0.15) is 0 Å². The van der Waals surface area contributed by atoms with Gasteiger partial charge in [0.1, 0.15) is 5.02 Å². The van der Waals surface area contributed by atoms with Crippen LogP contribution in [0.4, 0.5) is 5.69 Å². The van der Waals surface area contributed by atoms with Crippen molar-refractivity contribution in [3.8, 4) is 22.8 Å². The van der Waals surface area contributed by atoms with Gasteiger partial charge in [-0.3, -0.25) is 10.1 Å². The molecule has 0 spiro atoms. The van der Waals surface area contributed by atoms with Gasteiger partial charge >= 0.3 is 0 Å². The summed E-state index contributed by atoms with van der Waals surface area (Å²) in [6.07, 6.45) is 0. The fourth-order valence-electron chi connectivity index (χ4n) is 1.88. The SMILES string of the molecule is O=[N+]([O-])c1cc(-c2nc(-c3ccccc3Br)no2)ccc1Cl. The Morgan fingerprint density at radius 1 is 1.23 bits per heavy atom. The van der Waals surface area contributed by atoms with Gasteiger partial charge in [0.25, 0.3) is 11.6 Å². The molecule has 0 radical (unpaired) electrons. The van der Waals surface area contributed by atoms with Crippen molar-refractivity contribution in [1.82, 2.24) is 10.1 Å². The van der Waals surface area contributed by atoms with Crippen molar-refractivity contribution in [2.75, 3.05) is 0 Å². The molecule has 8 heteroatoms. The van der Waals surface area contributed by atoms with Gasteiger partial charge in [-0.1, -0.05) is 44.8 Å². The van der Waals surface area contributed by atoms with E-state index in [0.29, 0.717) is 11.4 Å². The molecule has 3 aromatic rings. The number of nitro benzene ring substituents is 1. The van der Waals surface area contributed by atoms with Gasteiger partial charge in [-0.25, -0.2) is 0 Å².